The molecule has 0 radical (unpaired) electrons. The van der Waals surface area contributed by atoms with Crippen LogP contribution in [0.1, 0.15) is 19.4 Å². The standard InChI is InChI=1S/C21H21Cl2NO7/c1-21(2)9-5-8(30-20-19(29)18(28)17(27)13(7-25)31-20)3-4-11(9)24-12-6-10(22)16(26)15(23)14(12)21/h3-6,13,17-20,25,27-29H,7H2,1-2H3/t13-,17+,18+,19-,20?/m1/s1. The number of rotatable bonds is 3. The number of aliphatic hydroxyl groups is 4. The number of halogens is 2. The number of aliphatic imine (C=N–C) groups is 1. The first-order chi connectivity index (χ1) is 14.6. The minimum absolute atomic E-state index is 0.00200. The second-order valence-corrected chi connectivity index (χ2v) is 8.91. The van der Waals surface area contributed by atoms with Crippen LogP contribution in [0.3, 0.4) is 0 Å². The van der Waals surface area contributed by atoms with Gasteiger partial charge in [-0.3, -0.25) is 4.79 Å². The smallest absolute Gasteiger partial charge is 0.229 e. The Morgan fingerprint density at radius 3 is 2.55 bits per heavy atom. The van der Waals surface area contributed by atoms with E-state index in [1.165, 1.54) is 6.08 Å². The van der Waals surface area contributed by atoms with E-state index >= 15 is 0 Å². The number of hydrogen-bond donors (Lipinski definition) is 4. The molecule has 3 aliphatic rings. The number of allylic oxidation sites excluding steroid dienone is 4. The van der Waals surface area contributed by atoms with Gasteiger partial charge in [-0.05, 0) is 29.8 Å². The molecular formula is C21H21Cl2NO7. The van der Waals surface area contributed by atoms with Gasteiger partial charge in [0.05, 0.1) is 28.1 Å². The van der Waals surface area contributed by atoms with Crippen LogP contribution in [0.5, 0.6) is 5.75 Å². The molecule has 2 heterocycles. The Kier molecular flexibility index (Phi) is 5.76. The summed E-state index contributed by atoms with van der Waals surface area (Å²) in [5, 5.41) is 39.4. The van der Waals surface area contributed by atoms with Crippen molar-refractivity contribution < 1.29 is 34.7 Å². The number of hydrogen-bond acceptors (Lipinski definition) is 8. The highest BCUT2D eigenvalue weighted by atomic mass is 35.5. The second-order valence-electron chi connectivity index (χ2n) is 8.13. The van der Waals surface area contributed by atoms with Gasteiger partial charge in [-0.15, -0.1) is 0 Å². The van der Waals surface area contributed by atoms with Gasteiger partial charge in [-0.2, -0.15) is 0 Å². The monoisotopic (exact) mass is 469 g/mol. The lowest BCUT2D eigenvalue weighted by molar-refractivity contribution is -0.277. The summed E-state index contributed by atoms with van der Waals surface area (Å²) in [6.07, 6.45) is -5.47. The van der Waals surface area contributed by atoms with Crippen LogP contribution in [-0.4, -0.2) is 69.2 Å². The highest BCUT2D eigenvalue weighted by Gasteiger charge is 2.45. The van der Waals surface area contributed by atoms with Gasteiger partial charge >= 0.3 is 0 Å². The number of aliphatic hydroxyl groups excluding tert-OH is 4. The molecule has 5 atom stereocenters. The van der Waals surface area contributed by atoms with E-state index in [9.17, 15) is 25.2 Å². The number of carbonyl (C=O) groups is 1. The predicted molar refractivity (Wildman–Crippen MR) is 113 cm³/mol. The molecule has 0 bridgehead atoms. The van der Waals surface area contributed by atoms with Crippen molar-refractivity contribution in [2.45, 2.75) is 50.0 Å². The van der Waals surface area contributed by atoms with Crippen molar-refractivity contribution in [2.75, 3.05) is 6.61 Å². The van der Waals surface area contributed by atoms with Crippen LogP contribution >= 0.6 is 23.2 Å². The van der Waals surface area contributed by atoms with Gasteiger partial charge in [0, 0.05) is 11.0 Å². The third-order valence-electron chi connectivity index (χ3n) is 5.76. The zero-order chi connectivity index (χ0) is 22.7. The molecule has 1 unspecified atom stereocenters. The van der Waals surface area contributed by atoms with Crippen LogP contribution in [0.25, 0.3) is 0 Å². The lowest BCUT2D eigenvalue weighted by Gasteiger charge is -2.40. The quantitative estimate of drug-likeness (QED) is 0.492. The molecule has 1 aromatic rings. The van der Waals surface area contributed by atoms with Crippen LogP contribution in [-0.2, 0) is 14.9 Å². The second kappa shape index (κ2) is 7.97. The van der Waals surface area contributed by atoms with Gasteiger partial charge in [0.2, 0.25) is 12.1 Å². The molecule has 2 aliphatic heterocycles. The maximum atomic E-state index is 12.3. The average molecular weight is 470 g/mol. The van der Waals surface area contributed by atoms with Crippen molar-refractivity contribution in [3.63, 3.8) is 0 Å². The van der Waals surface area contributed by atoms with E-state index in [0.29, 0.717) is 28.3 Å². The van der Waals surface area contributed by atoms with Gasteiger partial charge in [0.25, 0.3) is 0 Å². The first-order valence-electron chi connectivity index (χ1n) is 9.59. The molecule has 31 heavy (non-hydrogen) atoms. The lowest BCUT2D eigenvalue weighted by Crippen LogP contribution is -2.60. The Hall–Kier alpha value is -1.78. The number of Topliss-reactive ketones (excluding diaryl/α,β-unsaturated/α-hetero) is 1. The maximum Gasteiger partial charge on any atom is 0.229 e. The first-order valence-corrected chi connectivity index (χ1v) is 10.3. The third kappa shape index (κ3) is 3.62. The lowest BCUT2D eigenvalue weighted by atomic mass is 9.71. The highest BCUT2D eigenvalue weighted by Crippen LogP contribution is 2.47. The number of benzene rings is 1. The summed E-state index contributed by atoms with van der Waals surface area (Å²) in [4.78, 5) is 16.9. The molecule has 8 nitrogen and oxygen atoms in total. The Morgan fingerprint density at radius 2 is 1.87 bits per heavy atom. The molecule has 0 spiro atoms. The minimum Gasteiger partial charge on any atom is -0.462 e. The minimum atomic E-state index is -1.55. The molecule has 4 N–H and O–H groups in total. The Labute approximate surface area is 188 Å². The number of nitrogens with zero attached hydrogens (tertiary/aromatic N) is 1. The molecule has 0 saturated carbocycles. The van der Waals surface area contributed by atoms with Crippen LogP contribution in [0.4, 0.5) is 5.69 Å². The third-order valence-corrected chi connectivity index (χ3v) is 6.40. The summed E-state index contributed by atoms with van der Waals surface area (Å²) in [7, 11) is 0. The van der Waals surface area contributed by atoms with Crippen LogP contribution in [0.15, 0.2) is 44.9 Å². The molecule has 1 fully saturated rings. The fourth-order valence-electron chi connectivity index (χ4n) is 4.02. The van der Waals surface area contributed by atoms with Crippen molar-refractivity contribution >= 4 is 40.4 Å². The van der Waals surface area contributed by atoms with Crippen molar-refractivity contribution in [3.05, 3.63) is 45.5 Å². The molecule has 1 saturated heterocycles. The van der Waals surface area contributed by atoms with E-state index < -0.39 is 48.5 Å². The molecule has 1 aromatic carbocycles. The fourth-order valence-corrected chi connectivity index (χ4v) is 4.70. The zero-order valence-electron chi connectivity index (χ0n) is 16.6. The SMILES string of the molecule is CC1(C)C2=C(Cl)C(=O)C(Cl)=CC2=Nc2ccc(OC3O[C@H](CO)[C@H](O)[C@H](O)[C@H]3O)cc21. The van der Waals surface area contributed by atoms with E-state index in [2.05, 4.69) is 4.99 Å². The summed E-state index contributed by atoms with van der Waals surface area (Å²) in [6.45, 7) is 3.21. The van der Waals surface area contributed by atoms with E-state index in [-0.39, 0.29) is 10.1 Å². The molecule has 0 aromatic heterocycles. The number of carbonyl (C=O) groups excluding carboxylic acids is 1. The molecule has 1 aliphatic carbocycles. The van der Waals surface area contributed by atoms with Crippen LogP contribution < -0.4 is 4.74 Å². The highest BCUT2D eigenvalue weighted by molar-refractivity contribution is 6.58. The molecule has 0 amide bonds. The van der Waals surface area contributed by atoms with Crippen LogP contribution in [0.2, 0.25) is 0 Å². The molecule has 166 valence electrons. The first kappa shape index (κ1) is 22.4. The van der Waals surface area contributed by atoms with Gasteiger partial charge in [-0.25, -0.2) is 4.99 Å². The Morgan fingerprint density at radius 1 is 1.16 bits per heavy atom. The number of fused-ring (bicyclic) bond motifs is 2. The van der Waals surface area contributed by atoms with Gasteiger partial charge in [-0.1, -0.05) is 37.0 Å². The normalized spacial score (nSPS) is 32.1. The molecular weight excluding hydrogens is 449 g/mol. The largest absolute Gasteiger partial charge is 0.462 e. The van der Waals surface area contributed by atoms with Gasteiger partial charge in [0.15, 0.2) is 0 Å². The summed E-state index contributed by atoms with van der Waals surface area (Å²) >= 11 is 12.3. The topological polar surface area (TPSA) is 129 Å². The van der Waals surface area contributed by atoms with Crippen molar-refractivity contribution in [1.29, 1.82) is 0 Å². The maximum absolute atomic E-state index is 12.3. The van der Waals surface area contributed by atoms with Crippen LogP contribution in [0, 0.1) is 0 Å². The van der Waals surface area contributed by atoms with E-state index in [1.807, 2.05) is 13.8 Å². The van der Waals surface area contributed by atoms with Crippen molar-refractivity contribution in [3.8, 4) is 5.75 Å². The molecule has 4 rings (SSSR count). The average Bonchev–Trinajstić information content (AvgIpc) is 2.72. The van der Waals surface area contributed by atoms with E-state index in [0.717, 1.165) is 0 Å². The summed E-state index contributed by atoms with van der Waals surface area (Å²) in [5.74, 6) is -0.176. The number of ketones is 1. The Bertz CT molecular complexity index is 1030. The Balaban J connectivity index is 1.70. The molecule has 10 heteroatoms. The van der Waals surface area contributed by atoms with E-state index in [4.69, 9.17) is 32.7 Å². The zero-order valence-corrected chi connectivity index (χ0v) is 18.1. The van der Waals surface area contributed by atoms with Gasteiger partial charge < -0.3 is 29.9 Å². The summed E-state index contributed by atoms with van der Waals surface area (Å²) in [6, 6.07) is 4.99. The van der Waals surface area contributed by atoms with E-state index in [1.54, 1.807) is 18.2 Å². The van der Waals surface area contributed by atoms with Gasteiger partial charge in [0.1, 0.15) is 30.2 Å². The van der Waals surface area contributed by atoms with Crippen molar-refractivity contribution in [2.24, 2.45) is 4.99 Å². The summed E-state index contributed by atoms with van der Waals surface area (Å²) < 4.78 is 11.1. The van der Waals surface area contributed by atoms with Crippen molar-refractivity contribution in [1.82, 2.24) is 0 Å². The number of ether oxygens (including phenoxy) is 2. The fraction of sp³-hybridized carbons (Fsp3) is 0.429. The predicted octanol–water partition coefficient (Wildman–Crippen LogP) is 1.43. The summed E-state index contributed by atoms with van der Waals surface area (Å²) in [5.41, 5.74) is 1.67.